The van der Waals surface area contributed by atoms with Crippen molar-refractivity contribution in [2.75, 3.05) is 0 Å². The van der Waals surface area contributed by atoms with Crippen LogP contribution < -0.4 is 11.3 Å². The summed E-state index contributed by atoms with van der Waals surface area (Å²) < 4.78 is 0. The van der Waals surface area contributed by atoms with Crippen LogP contribution in [0.15, 0.2) is 29.5 Å². The highest BCUT2D eigenvalue weighted by molar-refractivity contribution is 6.31. The molecular weight excluding hydrogens is 202 g/mol. The smallest absolute Gasteiger partial charge is 0.138 e. The van der Waals surface area contributed by atoms with Crippen molar-refractivity contribution in [1.82, 2.24) is 15.6 Å². The molecule has 0 aliphatic carbocycles. The lowest BCUT2D eigenvalue weighted by Gasteiger charge is -2.20. The molecule has 0 unspecified atom stereocenters. The van der Waals surface area contributed by atoms with E-state index in [0.29, 0.717) is 5.15 Å². The SMILES string of the molecule is NN1N=CC=C(c2cccnc2Cl)N1. The van der Waals surface area contributed by atoms with Gasteiger partial charge in [0.25, 0.3) is 0 Å². The summed E-state index contributed by atoms with van der Waals surface area (Å²) in [7, 11) is 0. The summed E-state index contributed by atoms with van der Waals surface area (Å²) in [5, 5.41) is 5.31. The molecule has 2 heterocycles. The molecule has 1 aliphatic rings. The van der Waals surface area contributed by atoms with Crippen molar-refractivity contribution in [1.29, 1.82) is 0 Å². The number of hydrogen-bond acceptors (Lipinski definition) is 5. The lowest BCUT2D eigenvalue weighted by atomic mass is 10.2. The zero-order valence-corrected chi connectivity index (χ0v) is 7.94. The molecule has 1 aromatic heterocycles. The highest BCUT2D eigenvalue weighted by Gasteiger charge is 2.09. The van der Waals surface area contributed by atoms with Crippen molar-refractivity contribution < 1.29 is 0 Å². The van der Waals surface area contributed by atoms with Gasteiger partial charge in [-0.15, -0.1) is 10.3 Å². The van der Waals surface area contributed by atoms with Crippen LogP contribution in [0.5, 0.6) is 0 Å². The van der Waals surface area contributed by atoms with E-state index in [2.05, 4.69) is 15.5 Å². The normalized spacial score (nSPS) is 15.0. The van der Waals surface area contributed by atoms with Crippen molar-refractivity contribution in [2.24, 2.45) is 10.9 Å². The van der Waals surface area contributed by atoms with Crippen molar-refractivity contribution in [3.05, 3.63) is 35.1 Å². The molecule has 5 nitrogen and oxygen atoms in total. The second kappa shape index (κ2) is 3.65. The Bertz CT molecular complexity index is 400. The van der Waals surface area contributed by atoms with Crippen molar-refractivity contribution >= 4 is 23.5 Å². The second-order valence-corrected chi connectivity index (χ2v) is 3.00. The third-order valence-corrected chi connectivity index (χ3v) is 2.02. The van der Waals surface area contributed by atoms with Gasteiger partial charge in [-0.25, -0.2) is 10.8 Å². The molecule has 0 bridgehead atoms. The van der Waals surface area contributed by atoms with Crippen LogP contribution in [0.2, 0.25) is 5.15 Å². The van der Waals surface area contributed by atoms with E-state index in [1.54, 1.807) is 24.6 Å². The summed E-state index contributed by atoms with van der Waals surface area (Å²) >= 11 is 5.91. The van der Waals surface area contributed by atoms with E-state index in [1.807, 2.05) is 6.07 Å². The Morgan fingerprint density at radius 3 is 3.07 bits per heavy atom. The van der Waals surface area contributed by atoms with E-state index in [9.17, 15) is 0 Å². The molecule has 1 aliphatic heterocycles. The van der Waals surface area contributed by atoms with Crippen LogP contribution >= 0.6 is 11.6 Å². The first kappa shape index (κ1) is 8.98. The van der Waals surface area contributed by atoms with E-state index in [0.717, 1.165) is 16.5 Å². The average molecular weight is 210 g/mol. The third-order valence-electron chi connectivity index (χ3n) is 1.72. The molecule has 3 N–H and O–H groups in total. The number of hydrazine groups is 2. The van der Waals surface area contributed by atoms with Gasteiger partial charge in [0.1, 0.15) is 5.15 Å². The number of pyridine rings is 1. The van der Waals surface area contributed by atoms with Crippen molar-refractivity contribution in [3.8, 4) is 0 Å². The maximum Gasteiger partial charge on any atom is 0.138 e. The van der Waals surface area contributed by atoms with Gasteiger partial charge in [0.05, 0.1) is 11.9 Å². The number of nitrogens with one attached hydrogen (secondary N) is 1. The summed E-state index contributed by atoms with van der Waals surface area (Å²) in [5.41, 5.74) is 4.38. The molecule has 0 fully saturated rings. The van der Waals surface area contributed by atoms with E-state index >= 15 is 0 Å². The predicted molar refractivity (Wildman–Crippen MR) is 54.9 cm³/mol. The monoisotopic (exact) mass is 209 g/mol. The maximum absolute atomic E-state index is 5.91. The molecule has 14 heavy (non-hydrogen) atoms. The molecule has 2 rings (SSSR count). The van der Waals surface area contributed by atoms with E-state index < -0.39 is 0 Å². The molecule has 0 spiro atoms. The van der Waals surface area contributed by atoms with E-state index in [1.165, 1.54) is 0 Å². The minimum absolute atomic E-state index is 0.426. The molecule has 6 heteroatoms. The van der Waals surface area contributed by atoms with Crippen LogP contribution in [0.25, 0.3) is 5.70 Å². The maximum atomic E-state index is 5.91. The highest BCUT2D eigenvalue weighted by atomic mass is 35.5. The summed E-state index contributed by atoms with van der Waals surface area (Å²) in [6.45, 7) is 0. The van der Waals surface area contributed by atoms with Gasteiger partial charge in [0.15, 0.2) is 0 Å². The fraction of sp³-hybridized carbons (Fsp3) is 0. The molecular formula is C8H8ClN5. The zero-order valence-electron chi connectivity index (χ0n) is 7.18. The van der Waals surface area contributed by atoms with E-state index in [4.69, 9.17) is 17.4 Å². The zero-order chi connectivity index (χ0) is 9.97. The molecule has 0 radical (unpaired) electrons. The molecule has 72 valence electrons. The Balaban J connectivity index is 2.36. The number of nitrogens with two attached hydrogens (primary N) is 1. The van der Waals surface area contributed by atoms with Crippen LogP contribution in [-0.2, 0) is 0 Å². The third kappa shape index (κ3) is 1.68. The van der Waals surface area contributed by atoms with Gasteiger partial charge in [-0.2, -0.15) is 0 Å². The number of hydrogen-bond donors (Lipinski definition) is 2. The summed E-state index contributed by atoms with van der Waals surface area (Å²) in [5.74, 6) is 5.43. The van der Waals surface area contributed by atoms with E-state index in [-0.39, 0.29) is 0 Å². The topological polar surface area (TPSA) is 66.5 Å². The molecule has 1 aromatic rings. The molecule has 0 saturated carbocycles. The van der Waals surface area contributed by atoms with Gasteiger partial charge in [0, 0.05) is 11.8 Å². The molecule has 0 aromatic carbocycles. The average Bonchev–Trinajstić information content (AvgIpc) is 2.18. The minimum atomic E-state index is 0.426. The molecule has 0 atom stereocenters. The Morgan fingerprint density at radius 2 is 2.36 bits per heavy atom. The van der Waals surface area contributed by atoms with Crippen molar-refractivity contribution in [3.63, 3.8) is 0 Å². The summed E-state index contributed by atoms with van der Waals surface area (Å²) in [4.78, 5) is 3.96. The lowest BCUT2D eigenvalue weighted by Crippen LogP contribution is -2.39. The Hall–Kier alpha value is -1.59. The van der Waals surface area contributed by atoms with Crippen LogP contribution in [-0.4, -0.2) is 16.4 Å². The quantitative estimate of drug-likeness (QED) is 0.529. The van der Waals surface area contributed by atoms with Crippen molar-refractivity contribution in [2.45, 2.75) is 0 Å². The number of rotatable bonds is 1. The highest BCUT2D eigenvalue weighted by Crippen LogP contribution is 2.19. The Labute approximate surface area is 85.8 Å². The summed E-state index contributed by atoms with van der Waals surface area (Å²) in [6, 6.07) is 3.65. The number of allylic oxidation sites excluding steroid dienone is 1. The van der Waals surface area contributed by atoms with Gasteiger partial charge >= 0.3 is 0 Å². The largest absolute Gasteiger partial charge is 0.267 e. The van der Waals surface area contributed by atoms with Gasteiger partial charge < -0.3 is 0 Å². The number of halogens is 1. The first-order chi connectivity index (χ1) is 6.77. The Kier molecular flexibility index (Phi) is 2.34. The van der Waals surface area contributed by atoms with Crippen LogP contribution in [0, 0.1) is 0 Å². The first-order valence-electron chi connectivity index (χ1n) is 3.94. The van der Waals surface area contributed by atoms with Gasteiger partial charge in [-0.3, -0.25) is 5.43 Å². The van der Waals surface area contributed by atoms with Gasteiger partial charge in [-0.05, 0) is 18.2 Å². The number of nitrogens with zero attached hydrogens (tertiary/aromatic N) is 3. The summed E-state index contributed by atoms with van der Waals surface area (Å²) in [6.07, 6.45) is 4.98. The minimum Gasteiger partial charge on any atom is -0.267 e. The standard InChI is InChI=1S/C8H8ClN5/c9-8-6(2-1-4-11-8)7-3-5-12-14(10)13-7/h1-5,13H,10H2. The second-order valence-electron chi connectivity index (χ2n) is 2.64. The van der Waals surface area contributed by atoms with Gasteiger partial charge in [0.2, 0.25) is 0 Å². The molecule has 0 amide bonds. The number of aromatic nitrogens is 1. The molecule has 0 saturated heterocycles. The van der Waals surface area contributed by atoms with Crippen LogP contribution in [0.1, 0.15) is 5.56 Å². The number of hydrazone groups is 1. The lowest BCUT2D eigenvalue weighted by molar-refractivity contribution is 0.247. The Morgan fingerprint density at radius 1 is 1.50 bits per heavy atom. The van der Waals surface area contributed by atoms with Crippen LogP contribution in [0.4, 0.5) is 0 Å². The predicted octanol–water partition coefficient (Wildman–Crippen LogP) is 0.756. The van der Waals surface area contributed by atoms with Crippen LogP contribution in [0.3, 0.4) is 0 Å². The fourth-order valence-corrected chi connectivity index (χ4v) is 1.33. The first-order valence-corrected chi connectivity index (χ1v) is 4.32. The fourth-order valence-electron chi connectivity index (χ4n) is 1.11. The van der Waals surface area contributed by atoms with Gasteiger partial charge in [-0.1, -0.05) is 11.6 Å².